The Morgan fingerprint density at radius 2 is 2.15 bits per heavy atom. The van der Waals surface area contributed by atoms with Gasteiger partial charge in [-0.25, -0.2) is 5.11 Å². The maximum atomic E-state index is 10.1. The Bertz CT molecular complexity index is 111. The van der Waals surface area contributed by atoms with Crippen molar-refractivity contribution in [2.75, 3.05) is 19.8 Å². The van der Waals surface area contributed by atoms with Gasteiger partial charge in [0.15, 0.2) is 6.29 Å². The summed E-state index contributed by atoms with van der Waals surface area (Å²) in [5, 5.41) is 10.1. The van der Waals surface area contributed by atoms with E-state index in [1.54, 1.807) is 0 Å². The molecule has 1 aliphatic heterocycles. The second-order valence-electron chi connectivity index (χ2n) is 3.43. The Morgan fingerprint density at radius 3 is 2.85 bits per heavy atom. The van der Waals surface area contributed by atoms with E-state index in [-0.39, 0.29) is 12.9 Å². The van der Waals surface area contributed by atoms with Crippen LogP contribution in [0.15, 0.2) is 0 Å². The van der Waals surface area contributed by atoms with Crippen molar-refractivity contribution in [1.82, 2.24) is 0 Å². The Morgan fingerprint density at radius 1 is 1.23 bits per heavy atom. The molecule has 0 aromatic rings. The minimum absolute atomic E-state index is 0.0287. The van der Waals surface area contributed by atoms with Crippen molar-refractivity contribution in [2.24, 2.45) is 0 Å². The first-order chi connectivity index (χ1) is 6.43. The van der Waals surface area contributed by atoms with E-state index in [2.05, 4.69) is 0 Å². The predicted molar refractivity (Wildman–Crippen MR) is 48.9 cm³/mol. The highest BCUT2D eigenvalue weighted by Crippen LogP contribution is 2.13. The second kappa shape index (κ2) is 7.30. The minimum atomic E-state index is 0.0287. The molecule has 0 spiro atoms. The van der Waals surface area contributed by atoms with Gasteiger partial charge in [-0.05, 0) is 38.5 Å². The fraction of sp³-hybridized carbons (Fsp3) is 1.00. The Labute approximate surface area is 80.0 Å². The first-order valence-corrected chi connectivity index (χ1v) is 5.25. The molecule has 1 radical (unpaired) electrons. The van der Waals surface area contributed by atoms with E-state index < -0.39 is 0 Å². The van der Waals surface area contributed by atoms with E-state index in [4.69, 9.17) is 9.47 Å². The van der Waals surface area contributed by atoms with E-state index in [1.165, 1.54) is 6.42 Å². The topological polar surface area (TPSA) is 38.4 Å². The molecule has 0 aliphatic carbocycles. The van der Waals surface area contributed by atoms with Gasteiger partial charge in [-0.3, -0.25) is 0 Å². The molecular weight excluding hydrogens is 168 g/mol. The van der Waals surface area contributed by atoms with E-state index in [1.807, 2.05) is 0 Å². The third kappa shape index (κ3) is 5.24. The van der Waals surface area contributed by atoms with Gasteiger partial charge >= 0.3 is 0 Å². The van der Waals surface area contributed by atoms with Crippen molar-refractivity contribution in [3.05, 3.63) is 0 Å². The highest BCUT2D eigenvalue weighted by molar-refractivity contribution is 4.53. The monoisotopic (exact) mass is 187 g/mol. The van der Waals surface area contributed by atoms with Gasteiger partial charge < -0.3 is 9.47 Å². The van der Waals surface area contributed by atoms with Crippen LogP contribution < -0.4 is 0 Å². The van der Waals surface area contributed by atoms with Crippen molar-refractivity contribution in [3.8, 4) is 0 Å². The van der Waals surface area contributed by atoms with E-state index in [0.717, 1.165) is 45.3 Å². The average Bonchev–Trinajstić information content (AvgIpc) is 2.19. The third-order valence-corrected chi connectivity index (χ3v) is 2.23. The highest BCUT2D eigenvalue weighted by atomic mass is 16.7. The Hall–Kier alpha value is -0.120. The summed E-state index contributed by atoms with van der Waals surface area (Å²) in [4.78, 5) is 0. The van der Waals surface area contributed by atoms with Gasteiger partial charge in [0.1, 0.15) is 0 Å². The van der Waals surface area contributed by atoms with Gasteiger partial charge in [0.05, 0.1) is 6.61 Å². The molecule has 1 saturated heterocycles. The van der Waals surface area contributed by atoms with Gasteiger partial charge in [0, 0.05) is 13.2 Å². The number of hydrogen-bond donors (Lipinski definition) is 0. The highest BCUT2D eigenvalue weighted by Gasteiger charge is 2.12. The lowest BCUT2D eigenvalue weighted by Gasteiger charge is -2.22. The molecule has 1 aliphatic rings. The molecule has 1 unspecified atom stereocenters. The van der Waals surface area contributed by atoms with Gasteiger partial charge in [-0.15, -0.1) is 0 Å². The number of unbranched alkanes of at least 4 members (excludes halogenated alkanes) is 2. The van der Waals surface area contributed by atoms with Crippen LogP contribution in [0.3, 0.4) is 0 Å². The van der Waals surface area contributed by atoms with Crippen LogP contribution in [0.1, 0.15) is 38.5 Å². The summed E-state index contributed by atoms with van der Waals surface area (Å²) in [6, 6.07) is 0. The fourth-order valence-electron chi connectivity index (χ4n) is 1.44. The van der Waals surface area contributed by atoms with Crippen LogP contribution in [-0.4, -0.2) is 26.1 Å². The molecule has 3 heteroatoms. The van der Waals surface area contributed by atoms with Crippen LogP contribution in [0, 0.1) is 0 Å². The van der Waals surface area contributed by atoms with Crippen molar-refractivity contribution in [2.45, 2.75) is 44.8 Å². The first-order valence-electron chi connectivity index (χ1n) is 5.25. The van der Waals surface area contributed by atoms with E-state index >= 15 is 0 Å². The molecule has 77 valence electrons. The number of rotatable bonds is 6. The van der Waals surface area contributed by atoms with Gasteiger partial charge in [0.2, 0.25) is 0 Å². The summed E-state index contributed by atoms with van der Waals surface area (Å²) < 4.78 is 10.9. The summed E-state index contributed by atoms with van der Waals surface area (Å²) in [6.45, 7) is 1.62. The zero-order chi connectivity index (χ0) is 9.36. The Kier molecular flexibility index (Phi) is 6.15. The SMILES string of the molecule is [O]CCCCCOC1CCCCO1. The molecule has 13 heavy (non-hydrogen) atoms. The summed E-state index contributed by atoms with van der Waals surface area (Å²) in [6.07, 6.45) is 6.18. The molecule has 1 atom stereocenters. The van der Waals surface area contributed by atoms with Crippen molar-refractivity contribution in [3.63, 3.8) is 0 Å². The third-order valence-electron chi connectivity index (χ3n) is 2.23. The normalized spacial score (nSPS) is 23.3. The van der Waals surface area contributed by atoms with Crippen LogP contribution in [0.25, 0.3) is 0 Å². The zero-order valence-corrected chi connectivity index (χ0v) is 8.17. The molecular formula is C10H19O3. The second-order valence-corrected chi connectivity index (χ2v) is 3.43. The number of hydrogen-bond acceptors (Lipinski definition) is 2. The van der Waals surface area contributed by atoms with Crippen LogP contribution in [0.4, 0.5) is 0 Å². The van der Waals surface area contributed by atoms with Gasteiger partial charge in [-0.1, -0.05) is 0 Å². The van der Waals surface area contributed by atoms with Crippen LogP contribution in [0.2, 0.25) is 0 Å². The first kappa shape index (κ1) is 11.0. The van der Waals surface area contributed by atoms with Crippen molar-refractivity contribution >= 4 is 0 Å². The van der Waals surface area contributed by atoms with E-state index in [9.17, 15) is 5.11 Å². The van der Waals surface area contributed by atoms with Crippen LogP contribution >= 0.6 is 0 Å². The Balaban J connectivity index is 1.86. The van der Waals surface area contributed by atoms with Crippen molar-refractivity contribution < 1.29 is 14.6 Å². The summed E-state index contributed by atoms with van der Waals surface area (Å²) in [5.74, 6) is 0. The molecule has 0 saturated carbocycles. The maximum absolute atomic E-state index is 10.1. The average molecular weight is 187 g/mol. The molecule has 0 aromatic heterocycles. The molecule has 0 amide bonds. The number of ether oxygens (including phenoxy) is 2. The van der Waals surface area contributed by atoms with E-state index in [0.29, 0.717) is 0 Å². The zero-order valence-electron chi connectivity index (χ0n) is 8.17. The molecule has 1 heterocycles. The molecule has 0 aromatic carbocycles. The molecule has 1 fully saturated rings. The molecule has 1 rings (SSSR count). The standard InChI is InChI=1S/C10H19O3/c11-7-3-1-4-8-12-10-6-2-5-9-13-10/h10H,1-9H2. The summed E-state index contributed by atoms with van der Waals surface area (Å²) in [7, 11) is 0. The quantitative estimate of drug-likeness (QED) is 0.597. The summed E-state index contributed by atoms with van der Waals surface area (Å²) in [5.41, 5.74) is 0. The lowest BCUT2D eigenvalue weighted by Crippen LogP contribution is -2.22. The molecule has 0 N–H and O–H groups in total. The lowest BCUT2D eigenvalue weighted by molar-refractivity contribution is -0.162. The fourth-order valence-corrected chi connectivity index (χ4v) is 1.44. The lowest BCUT2D eigenvalue weighted by atomic mass is 10.2. The molecule has 0 bridgehead atoms. The smallest absolute Gasteiger partial charge is 0.157 e. The van der Waals surface area contributed by atoms with Gasteiger partial charge in [0.25, 0.3) is 0 Å². The minimum Gasteiger partial charge on any atom is -0.353 e. The largest absolute Gasteiger partial charge is 0.353 e. The predicted octanol–water partition coefficient (Wildman–Crippen LogP) is 2.13. The maximum Gasteiger partial charge on any atom is 0.157 e. The van der Waals surface area contributed by atoms with Gasteiger partial charge in [-0.2, -0.15) is 0 Å². The van der Waals surface area contributed by atoms with Crippen LogP contribution in [0.5, 0.6) is 0 Å². The molecule has 3 nitrogen and oxygen atoms in total. The van der Waals surface area contributed by atoms with Crippen LogP contribution in [-0.2, 0) is 14.6 Å². The summed E-state index contributed by atoms with van der Waals surface area (Å²) >= 11 is 0. The van der Waals surface area contributed by atoms with Crippen molar-refractivity contribution in [1.29, 1.82) is 0 Å².